The molecule has 0 fully saturated rings. The van der Waals surface area contributed by atoms with Gasteiger partial charge in [-0.2, -0.15) is 0 Å². The lowest BCUT2D eigenvalue weighted by Gasteiger charge is -2.21. The zero-order chi connectivity index (χ0) is 25.2. The minimum atomic E-state index is -4.01. The molecule has 0 bridgehead atoms. The summed E-state index contributed by atoms with van der Waals surface area (Å²) in [5.41, 5.74) is 11.8. The fourth-order valence-corrected chi connectivity index (χ4v) is 6.35. The fourth-order valence-electron chi connectivity index (χ4n) is 3.76. The number of thiazole rings is 1. The highest BCUT2D eigenvalue weighted by Crippen LogP contribution is 2.38. The van der Waals surface area contributed by atoms with E-state index in [1.807, 2.05) is 31.2 Å². The molecule has 2 aromatic heterocycles. The molecule has 0 aliphatic heterocycles. The third-order valence-electron chi connectivity index (χ3n) is 5.23. The molecule has 4 N–H and O–H groups in total. The molecule has 0 saturated heterocycles. The van der Waals surface area contributed by atoms with Gasteiger partial charge >= 0.3 is 0 Å². The summed E-state index contributed by atoms with van der Waals surface area (Å²) in [6, 6.07) is 7.90. The molecule has 2 heterocycles. The number of rotatable bonds is 8. The van der Waals surface area contributed by atoms with Crippen molar-refractivity contribution < 1.29 is 13.2 Å². The summed E-state index contributed by atoms with van der Waals surface area (Å²) < 4.78 is 29.7. The van der Waals surface area contributed by atoms with Gasteiger partial charge in [-0.25, -0.2) is 13.4 Å². The first-order chi connectivity index (χ1) is 15.9. The largest absolute Gasteiger partial charge is 0.326 e. The molecule has 8 nitrogen and oxygen atoms in total. The highest BCUT2D eigenvalue weighted by atomic mass is 35.5. The van der Waals surface area contributed by atoms with Crippen LogP contribution in [0, 0.1) is 26.7 Å². The molecule has 0 aliphatic carbocycles. The minimum absolute atomic E-state index is 0. The second-order valence-electron chi connectivity index (χ2n) is 8.72. The summed E-state index contributed by atoms with van der Waals surface area (Å²) in [5.74, 6) is 0.0401. The van der Waals surface area contributed by atoms with E-state index < -0.39 is 10.0 Å². The molecule has 3 aromatic rings. The van der Waals surface area contributed by atoms with Gasteiger partial charge in [-0.05, 0) is 44.2 Å². The van der Waals surface area contributed by atoms with Gasteiger partial charge in [0.05, 0.1) is 17.1 Å². The Balaban J connectivity index is 0.00000324. The number of hydrogen-bond acceptors (Lipinski definition) is 7. The molecule has 1 aromatic carbocycles. The van der Waals surface area contributed by atoms with E-state index in [9.17, 15) is 13.2 Å². The maximum absolute atomic E-state index is 13.5. The zero-order valence-corrected chi connectivity index (χ0v) is 24.4. The first-order valence-corrected chi connectivity index (χ1v) is 13.3. The van der Waals surface area contributed by atoms with Gasteiger partial charge in [0, 0.05) is 24.7 Å². The molecule has 0 saturated carbocycles. The lowest BCUT2D eigenvalue weighted by molar-refractivity contribution is -0.114. The van der Waals surface area contributed by atoms with E-state index in [-0.39, 0.29) is 46.6 Å². The van der Waals surface area contributed by atoms with E-state index in [2.05, 4.69) is 28.9 Å². The summed E-state index contributed by atoms with van der Waals surface area (Å²) in [7, 11) is -4.01. The van der Waals surface area contributed by atoms with Gasteiger partial charge in [0.25, 0.3) is 10.0 Å². The minimum Gasteiger partial charge on any atom is -0.326 e. The summed E-state index contributed by atoms with van der Waals surface area (Å²) in [6.45, 7) is 11.2. The van der Waals surface area contributed by atoms with Crippen molar-refractivity contribution in [1.29, 1.82) is 0 Å². The van der Waals surface area contributed by atoms with Crippen molar-refractivity contribution in [2.75, 3.05) is 10.0 Å². The predicted octanol–water partition coefficient (Wildman–Crippen LogP) is 5.39. The first kappa shape index (κ1) is 31.8. The Bertz CT molecular complexity index is 1320. The fraction of sp³-hybridized carbons (Fsp3) is 0.375. The number of nitrogens with two attached hydrogens (primary N) is 1. The molecular weight excluding hydrogens is 541 g/mol. The number of pyridine rings is 1. The number of nitrogens with zero attached hydrogens (tertiary/aromatic N) is 2. The first-order valence-electron chi connectivity index (χ1n) is 11.0. The van der Waals surface area contributed by atoms with Crippen LogP contribution in [0.25, 0.3) is 11.1 Å². The van der Waals surface area contributed by atoms with Crippen LogP contribution < -0.4 is 15.8 Å². The molecule has 12 heteroatoms. The zero-order valence-electron chi connectivity index (χ0n) is 21.1. The van der Waals surface area contributed by atoms with E-state index in [1.165, 1.54) is 6.92 Å². The average molecular weight is 575 g/mol. The van der Waals surface area contributed by atoms with E-state index in [1.54, 1.807) is 13.8 Å². The number of carbonyl (C=O) groups excluding carboxylic acids is 1. The molecule has 0 unspecified atom stereocenters. The summed E-state index contributed by atoms with van der Waals surface area (Å²) in [5, 5.41) is 2.78. The summed E-state index contributed by atoms with van der Waals surface area (Å²) in [4.78, 5) is 20.3. The van der Waals surface area contributed by atoms with Crippen LogP contribution >= 0.6 is 36.2 Å². The van der Waals surface area contributed by atoms with Gasteiger partial charge in [0.1, 0.15) is 0 Å². The molecular formula is C24H33Cl2N5O3S2. The number of anilines is 2. The summed E-state index contributed by atoms with van der Waals surface area (Å²) >= 11 is 0.906. The number of hydrogen-bond donors (Lipinski definition) is 3. The van der Waals surface area contributed by atoms with E-state index in [0.29, 0.717) is 23.0 Å². The van der Waals surface area contributed by atoms with Crippen LogP contribution in [0.4, 0.5) is 10.8 Å². The highest BCUT2D eigenvalue weighted by molar-refractivity contribution is 7.94. The van der Waals surface area contributed by atoms with Crippen molar-refractivity contribution in [2.45, 2.75) is 58.7 Å². The third kappa shape index (κ3) is 7.17. The van der Waals surface area contributed by atoms with Crippen LogP contribution in [0.5, 0.6) is 0 Å². The van der Waals surface area contributed by atoms with Gasteiger partial charge < -0.3 is 11.1 Å². The normalized spacial score (nSPS) is 11.0. The summed E-state index contributed by atoms with van der Waals surface area (Å²) in [6.07, 6.45) is 0.729. The second-order valence-corrected chi connectivity index (χ2v) is 11.6. The van der Waals surface area contributed by atoms with Crippen molar-refractivity contribution in [2.24, 2.45) is 11.7 Å². The van der Waals surface area contributed by atoms with Crippen LogP contribution in [0.2, 0.25) is 0 Å². The van der Waals surface area contributed by atoms with Gasteiger partial charge in [-0.3, -0.25) is 14.5 Å². The number of nitrogens with one attached hydrogen (secondary N) is 2. The number of aromatic nitrogens is 2. The Kier molecular flexibility index (Phi) is 11.3. The van der Waals surface area contributed by atoms with Crippen LogP contribution in [-0.2, 0) is 27.8 Å². The quantitative estimate of drug-likeness (QED) is 0.331. The number of benzene rings is 1. The van der Waals surface area contributed by atoms with Gasteiger partial charge in [-0.15, -0.1) is 24.8 Å². The third-order valence-corrected chi connectivity index (χ3v) is 8.26. The SMILES string of the molecule is CC(=O)Nc1nc(C)c(S(=O)(=O)Nc2c(C)nc(CC(C)C)c(CN)c2-c2ccc(C)cc2)s1.Cl.Cl. The monoisotopic (exact) mass is 573 g/mol. The number of aryl methyl sites for hydroxylation is 3. The van der Waals surface area contributed by atoms with Crippen LogP contribution in [-0.4, -0.2) is 24.3 Å². The van der Waals surface area contributed by atoms with Crippen molar-refractivity contribution >= 4 is 62.9 Å². The van der Waals surface area contributed by atoms with Crippen molar-refractivity contribution in [1.82, 2.24) is 9.97 Å². The molecule has 3 rings (SSSR count). The number of sulfonamides is 1. The lowest BCUT2D eigenvalue weighted by Crippen LogP contribution is -2.18. The van der Waals surface area contributed by atoms with Gasteiger partial charge in [0.15, 0.2) is 9.34 Å². The number of amides is 1. The van der Waals surface area contributed by atoms with Gasteiger partial charge in [-0.1, -0.05) is 55.0 Å². The lowest BCUT2D eigenvalue weighted by atomic mass is 9.92. The van der Waals surface area contributed by atoms with Crippen LogP contribution in [0.1, 0.15) is 49.0 Å². The van der Waals surface area contributed by atoms with Crippen molar-refractivity contribution in [3.63, 3.8) is 0 Å². The van der Waals surface area contributed by atoms with Crippen LogP contribution in [0.15, 0.2) is 28.5 Å². The Morgan fingerprint density at radius 2 is 1.67 bits per heavy atom. The van der Waals surface area contributed by atoms with Gasteiger partial charge in [0.2, 0.25) is 5.91 Å². The Hall–Kier alpha value is -2.24. The average Bonchev–Trinajstić information content (AvgIpc) is 3.10. The molecule has 36 heavy (non-hydrogen) atoms. The van der Waals surface area contributed by atoms with E-state index in [4.69, 9.17) is 10.7 Å². The molecule has 0 radical (unpaired) electrons. The topological polar surface area (TPSA) is 127 Å². The molecule has 0 aliphatic rings. The van der Waals surface area contributed by atoms with Crippen molar-refractivity contribution in [3.05, 3.63) is 52.5 Å². The highest BCUT2D eigenvalue weighted by Gasteiger charge is 2.27. The van der Waals surface area contributed by atoms with Crippen molar-refractivity contribution in [3.8, 4) is 11.1 Å². The molecule has 1 amide bonds. The molecule has 0 spiro atoms. The van der Waals surface area contributed by atoms with Crippen LogP contribution in [0.3, 0.4) is 0 Å². The number of carbonyl (C=O) groups is 1. The Morgan fingerprint density at radius 3 is 2.19 bits per heavy atom. The van der Waals surface area contributed by atoms with E-state index in [0.717, 1.165) is 45.7 Å². The predicted molar refractivity (Wildman–Crippen MR) is 152 cm³/mol. The second kappa shape index (κ2) is 12.8. The maximum Gasteiger partial charge on any atom is 0.273 e. The molecule has 0 atom stereocenters. The Morgan fingerprint density at radius 1 is 1.06 bits per heavy atom. The molecule has 198 valence electrons. The maximum atomic E-state index is 13.5. The smallest absolute Gasteiger partial charge is 0.273 e. The standard InChI is InChI=1S/C24H31N5O3S2.2ClH/c1-13(2)11-20-19(12-25)21(18-9-7-14(3)8-10-18)22(15(4)26-20)29-34(31,32)23-16(5)27-24(33-23)28-17(6)30;;/h7-10,13,29H,11-12,25H2,1-6H3,(H,27,28,30);2*1H. The number of halogens is 2. The Labute approximate surface area is 229 Å². The van der Waals surface area contributed by atoms with E-state index >= 15 is 0 Å².